The fourth-order valence-electron chi connectivity index (χ4n) is 3.01. The van der Waals surface area contributed by atoms with Crippen LogP contribution in [0.15, 0.2) is 17.3 Å². The summed E-state index contributed by atoms with van der Waals surface area (Å²) in [5.41, 5.74) is 5.49. The molecular formula is C12H22N4O2S. The van der Waals surface area contributed by atoms with Gasteiger partial charge < -0.3 is 5.73 Å². The van der Waals surface area contributed by atoms with E-state index in [1.54, 1.807) is 11.4 Å². The average molecular weight is 286 g/mol. The van der Waals surface area contributed by atoms with Gasteiger partial charge in [-0.25, -0.2) is 8.42 Å². The van der Waals surface area contributed by atoms with Crippen LogP contribution in [0.25, 0.3) is 0 Å². The molecule has 0 aliphatic heterocycles. The molecule has 1 aromatic heterocycles. The zero-order valence-electron chi connectivity index (χ0n) is 11.5. The van der Waals surface area contributed by atoms with Crippen molar-refractivity contribution in [1.29, 1.82) is 0 Å². The van der Waals surface area contributed by atoms with Crippen LogP contribution in [0.1, 0.15) is 32.6 Å². The van der Waals surface area contributed by atoms with E-state index < -0.39 is 15.6 Å². The highest BCUT2D eigenvalue weighted by Crippen LogP contribution is 2.37. The zero-order chi connectivity index (χ0) is 14.1. The second-order valence-corrected chi connectivity index (χ2v) is 7.02. The van der Waals surface area contributed by atoms with Crippen LogP contribution in [0.4, 0.5) is 0 Å². The summed E-state index contributed by atoms with van der Waals surface area (Å²) >= 11 is 0. The van der Waals surface area contributed by atoms with E-state index in [9.17, 15) is 8.42 Å². The van der Waals surface area contributed by atoms with Gasteiger partial charge in [-0.1, -0.05) is 19.8 Å². The fourth-order valence-corrected chi connectivity index (χ4v) is 4.84. The standard InChI is InChI=1S/C12H22N4O2S/c1-3-16(12(10-13)6-4-5-7-12)19(17,18)11-8-14-15(2)9-11/h8-9H,3-7,10,13H2,1-2H3. The van der Waals surface area contributed by atoms with E-state index in [2.05, 4.69) is 5.10 Å². The van der Waals surface area contributed by atoms with E-state index in [1.807, 2.05) is 6.92 Å². The first-order chi connectivity index (χ1) is 8.96. The Hall–Kier alpha value is -0.920. The SMILES string of the molecule is CCN(C1(CN)CCCC1)S(=O)(=O)c1cnn(C)c1. The van der Waals surface area contributed by atoms with Gasteiger partial charge in [-0.3, -0.25) is 4.68 Å². The number of hydrogen-bond donors (Lipinski definition) is 1. The Morgan fingerprint density at radius 2 is 2.11 bits per heavy atom. The molecule has 19 heavy (non-hydrogen) atoms. The smallest absolute Gasteiger partial charge is 0.246 e. The summed E-state index contributed by atoms with van der Waals surface area (Å²) in [6.45, 7) is 2.68. The van der Waals surface area contributed by atoms with Gasteiger partial charge in [-0.05, 0) is 12.8 Å². The molecule has 1 aliphatic carbocycles. The van der Waals surface area contributed by atoms with Crippen LogP contribution in [0.3, 0.4) is 0 Å². The molecule has 7 heteroatoms. The third-order valence-electron chi connectivity index (χ3n) is 4.00. The Bertz CT molecular complexity index is 532. The lowest BCUT2D eigenvalue weighted by atomic mass is 9.98. The minimum atomic E-state index is -3.51. The molecule has 0 amide bonds. The second-order valence-electron chi connectivity index (χ2n) is 5.16. The van der Waals surface area contributed by atoms with Crippen LogP contribution in [-0.2, 0) is 17.1 Å². The number of hydrogen-bond acceptors (Lipinski definition) is 4. The number of sulfonamides is 1. The van der Waals surface area contributed by atoms with E-state index >= 15 is 0 Å². The Labute approximate surface area is 114 Å². The van der Waals surface area contributed by atoms with Gasteiger partial charge in [0, 0.05) is 31.9 Å². The molecule has 0 atom stereocenters. The van der Waals surface area contributed by atoms with E-state index in [4.69, 9.17) is 5.73 Å². The Kier molecular flexibility index (Phi) is 3.98. The molecule has 1 fully saturated rings. The lowest BCUT2D eigenvalue weighted by Crippen LogP contribution is -2.54. The van der Waals surface area contributed by atoms with Crippen LogP contribution >= 0.6 is 0 Å². The molecule has 0 radical (unpaired) electrons. The molecule has 2 rings (SSSR count). The number of likely N-dealkylation sites (N-methyl/N-ethyl adjacent to an activating group) is 1. The summed E-state index contributed by atoms with van der Waals surface area (Å²) in [7, 11) is -1.80. The average Bonchev–Trinajstić information content (AvgIpc) is 2.99. The summed E-state index contributed by atoms with van der Waals surface area (Å²) in [6, 6.07) is 0. The first kappa shape index (κ1) is 14.5. The summed E-state index contributed by atoms with van der Waals surface area (Å²) in [5.74, 6) is 0. The van der Waals surface area contributed by atoms with Crippen molar-refractivity contribution in [2.75, 3.05) is 13.1 Å². The number of rotatable bonds is 5. The largest absolute Gasteiger partial charge is 0.329 e. The van der Waals surface area contributed by atoms with Gasteiger partial charge in [0.15, 0.2) is 0 Å². The van der Waals surface area contributed by atoms with Gasteiger partial charge in [0.25, 0.3) is 0 Å². The summed E-state index contributed by atoms with van der Waals surface area (Å²) < 4.78 is 28.6. The quantitative estimate of drug-likeness (QED) is 0.864. The van der Waals surface area contributed by atoms with Crippen LogP contribution in [0.5, 0.6) is 0 Å². The van der Waals surface area contributed by atoms with Gasteiger partial charge in [0.1, 0.15) is 4.90 Å². The van der Waals surface area contributed by atoms with Crippen molar-refractivity contribution in [1.82, 2.24) is 14.1 Å². The third-order valence-corrected chi connectivity index (χ3v) is 6.03. The van der Waals surface area contributed by atoms with Gasteiger partial charge in [-0.15, -0.1) is 0 Å². The number of nitrogens with two attached hydrogens (primary N) is 1. The topological polar surface area (TPSA) is 81.2 Å². The lowest BCUT2D eigenvalue weighted by molar-refractivity contribution is 0.205. The van der Waals surface area contributed by atoms with Gasteiger partial charge in [0.2, 0.25) is 10.0 Å². The van der Waals surface area contributed by atoms with Crippen molar-refractivity contribution >= 4 is 10.0 Å². The highest BCUT2D eigenvalue weighted by Gasteiger charge is 2.44. The van der Waals surface area contributed by atoms with Crippen molar-refractivity contribution in [3.63, 3.8) is 0 Å². The third kappa shape index (κ3) is 2.42. The number of aromatic nitrogens is 2. The normalized spacial score (nSPS) is 19.2. The van der Waals surface area contributed by atoms with Crippen molar-refractivity contribution in [2.45, 2.75) is 43.0 Å². The Balaban J connectivity index is 2.41. The molecule has 0 unspecified atom stereocenters. The summed E-state index contributed by atoms with van der Waals surface area (Å²) in [5, 5.41) is 3.95. The van der Waals surface area contributed by atoms with E-state index in [-0.39, 0.29) is 4.90 Å². The van der Waals surface area contributed by atoms with Crippen LogP contribution in [0, 0.1) is 0 Å². The zero-order valence-corrected chi connectivity index (χ0v) is 12.4. The van der Waals surface area contributed by atoms with Crippen molar-refractivity contribution < 1.29 is 8.42 Å². The minimum Gasteiger partial charge on any atom is -0.329 e. The van der Waals surface area contributed by atoms with Crippen LogP contribution in [0.2, 0.25) is 0 Å². The predicted molar refractivity (Wildman–Crippen MR) is 73.0 cm³/mol. The highest BCUT2D eigenvalue weighted by molar-refractivity contribution is 7.89. The van der Waals surface area contributed by atoms with E-state index in [0.717, 1.165) is 25.7 Å². The van der Waals surface area contributed by atoms with Crippen molar-refractivity contribution in [3.05, 3.63) is 12.4 Å². The van der Waals surface area contributed by atoms with Crippen molar-refractivity contribution in [2.24, 2.45) is 12.8 Å². The van der Waals surface area contributed by atoms with Crippen LogP contribution in [-0.4, -0.2) is 41.1 Å². The number of nitrogens with zero attached hydrogens (tertiary/aromatic N) is 3. The minimum absolute atomic E-state index is 0.247. The molecule has 0 spiro atoms. The molecule has 1 aliphatic rings. The van der Waals surface area contributed by atoms with Gasteiger partial charge in [-0.2, -0.15) is 9.40 Å². The molecule has 0 aromatic carbocycles. The Morgan fingerprint density at radius 1 is 1.47 bits per heavy atom. The first-order valence-corrected chi connectivity index (χ1v) is 8.12. The maximum Gasteiger partial charge on any atom is 0.246 e. The van der Waals surface area contributed by atoms with E-state index in [1.165, 1.54) is 17.1 Å². The predicted octanol–water partition coefficient (Wildman–Crippen LogP) is 0.702. The molecule has 1 saturated carbocycles. The van der Waals surface area contributed by atoms with Crippen molar-refractivity contribution in [3.8, 4) is 0 Å². The molecule has 108 valence electrons. The summed E-state index contributed by atoms with van der Waals surface area (Å²) in [6.07, 6.45) is 6.70. The molecule has 0 saturated heterocycles. The van der Waals surface area contributed by atoms with Gasteiger partial charge in [0.05, 0.1) is 6.20 Å². The highest BCUT2D eigenvalue weighted by atomic mass is 32.2. The molecule has 6 nitrogen and oxygen atoms in total. The summed E-state index contributed by atoms with van der Waals surface area (Å²) in [4.78, 5) is 0.247. The molecule has 2 N–H and O–H groups in total. The monoisotopic (exact) mass is 286 g/mol. The first-order valence-electron chi connectivity index (χ1n) is 6.68. The molecule has 1 aromatic rings. The molecule has 1 heterocycles. The number of aryl methyl sites for hydroxylation is 1. The van der Waals surface area contributed by atoms with E-state index in [0.29, 0.717) is 13.1 Å². The van der Waals surface area contributed by atoms with Crippen LogP contribution < -0.4 is 5.73 Å². The second kappa shape index (κ2) is 5.22. The maximum atomic E-state index is 12.7. The maximum absolute atomic E-state index is 12.7. The lowest BCUT2D eigenvalue weighted by Gasteiger charge is -2.38. The Morgan fingerprint density at radius 3 is 2.53 bits per heavy atom. The molecule has 0 bridgehead atoms. The fraction of sp³-hybridized carbons (Fsp3) is 0.750. The molecular weight excluding hydrogens is 264 g/mol. The van der Waals surface area contributed by atoms with Gasteiger partial charge >= 0.3 is 0 Å².